The number of amides is 1. The molecule has 25 heavy (non-hydrogen) atoms. The lowest BCUT2D eigenvalue weighted by atomic mass is 10.2. The molecule has 1 aliphatic rings. The number of nitrogens with one attached hydrogen (secondary N) is 2. The number of aryl methyl sites for hydroxylation is 1. The summed E-state index contributed by atoms with van der Waals surface area (Å²) in [5, 5.41) is 4.30. The van der Waals surface area contributed by atoms with Crippen LogP contribution in [0.25, 0.3) is 0 Å². The number of hydrogen-bond donors (Lipinski definition) is 2. The van der Waals surface area contributed by atoms with Gasteiger partial charge in [-0.2, -0.15) is 0 Å². The molecule has 1 saturated heterocycles. The molecule has 2 atom stereocenters. The molecule has 2 N–H and O–H groups in total. The smallest absolute Gasteiger partial charge is 0.216 e. The Morgan fingerprint density at radius 2 is 1.96 bits per heavy atom. The molecule has 1 aromatic rings. The summed E-state index contributed by atoms with van der Waals surface area (Å²) in [7, 11) is -7.47. The summed E-state index contributed by atoms with van der Waals surface area (Å²) in [6, 6.07) is 2.53. The fourth-order valence-electron chi connectivity index (χ4n) is 2.90. The molecule has 0 unspecified atom stereocenters. The van der Waals surface area contributed by atoms with Gasteiger partial charge in [-0.1, -0.05) is 0 Å². The Balaban J connectivity index is 2.24. The molecule has 0 saturated carbocycles. The van der Waals surface area contributed by atoms with Gasteiger partial charge in [0.25, 0.3) is 0 Å². The van der Waals surface area contributed by atoms with Crippen molar-refractivity contribution in [1.82, 2.24) is 10.6 Å². The molecule has 1 fully saturated rings. The molecule has 10 heteroatoms. The van der Waals surface area contributed by atoms with Crippen molar-refractivity contribution in [2.24, 2.45) is 0 Å². The van der Waals surface area contributed by atoms with Crippen molar-refractivity contribution in [3.63, 3.8) is 0 Å². The highest BCUT2D eigenvalue weighted by atomic mass is 32.2. The van der Waals surface area contributed by atoms with E-state index in [0.717, 1.165) is 12.1 Å². The topological polar surface area (TPSA) is 109 Å². The zero-order valence-corrected chi connectivity index (χ0v) is 15.6. The summed E-state index contributed by atoms with van der Waals surface area (Å²) in [6.07, 6.45) is 0. The first-order valence-corrected chi connectivity index (χ1v) is 11.1. The highest BCUT2D eigenvalue weighted by molar-refractivity contribution is 7.96. The van der Waals surface area contributed by atoms with E-state index in [0.29, 0.717) is 0 Å². The molecule has 1 amide bonds. The molecule has 0 aliphatic carbocycles. The summed E-state index contributed by atoms with van der Waals surface area (Å²) >= 11 is 0. The second-order valence-corrected chi connectivity index (χ2v) is 10.4. The van der Waals surface area contributed by atoms with Crippen molar-refractivity contribution < 1.29 is 26.0 Å². The largest absolute Gasteiger partial charge is 0.355 e. The van der Waals surface area contributed by atoms with Gasteiger partial charge in [-0.25, -0.2) is 21.2 Å². The maximum absolute atomic E-state index is 13.2. The summed E-state index contributed by atoms with van der Waals surface area (Å²) in [5.74, 6) is -1.56. The molecule has 1 heterocycles. The van der Waals surface area contributed by atoms with E-state index in [4.69, 9.17) is 0 Å². The van der Waals surface area contributed by atoms with Crippen molar-refractivity contribution in [3.05, 3.63) is 29.6 Å². The Bertz CT molecular complexity index is 868. The third-order valence-corrected chi connectivity index (χ3v) is 8.36. The quantitative estimate of drug-likeness (QED) is 0.513. The SMILES string of the molecule is CC(=O)NCCN[C@H]1CS(=O)(=O)C[C@@H]1S(=O)(=O)c1ccc(F)cc1C. The van der Waals surface area contributed by atoms with Crippen LogP contribution in [0.15, 0.2) is 23.1 Å². The maximum Gasteiger partial charge on any atom is 0.216 e. The highest BCUT2D eigenvalue weighted by Gasteiger charge is 2.45. The van der Waals surface area contributed by atoms with Crippen LogP contribution in [0.2, 0.25) is 0 Å². The van der Waals surface area contributed by atoms with Crippen LogP contribution in [0.5, 0.6) is 0 Å². The standard InChI is InChI=1S/C15H21FN2O5S2/c1-10-7-12(16)3-4-14(10)25(22,23)15-9-24(20,21)8-13(15)18-6-5-17-11(2)19/h3-4,7,13,15,18H,5-6,8-9H2,1-2H3,(H,17,19)/t13-,15-/m0/s1. The van der Waals surface area contributed by atoms with Crippen LogP contribution < -0.4 is 10.6 Å². The van der Waals surface area contributed by atoms with E-state index in [-0.39, 0.29) is 35.2 Å². The van der Waals surface area contributed by atoms with E-state index in [9.17, 15) is 26.0 Å². The molecule has 1 aromatic carbocycles. The number of halogens is 1. The number of carbonyl (C=O) groups is 1. The van der Waals surface area contributed by atoms with E-state index < -0.39 is 42.5 Å². The first-order chi connectivity index (χ1) is 11.5. The van der Waals surface area contributed by atoms with Crippen molar-refractivity contribution >= 4 is 25.6 Å². The summed E-state index contributed by atoms with van der Waals surface area (Å²) in [6.45, 7) is 3.33. The van der Waals surface area contributed by atoms with E-state index in [1.54, 1.807) is 0 Å². The van der Waals surface area contributed by atoms with Crippen LogP contribution >= 0.6 is 0 Å². The molecule has 0 aromatic heterocycles. The van der Waals surface area contributed by atoms with Crippen molar-refractivity contribution in [3.8, 4) is 0 Å². The summed E-state index contributed by atoms with van der Waals surface area (Å²) in [5.41, 5.74) is 0.237. The lowest BCUT2D eigenvalue weighted by molar-refractivity contribution is -0.118. The van der Waals surface area contributed by atoms with Crippen LogP contribution in [0.4, 0.5) is 4.39 Å². The average Bonchev–Trinajstić information content (AvgIpc) is 2.79. The van der Waals surface area contributed by atoms with Gasteiger partial charge < -0.3 is 10.6 Å². The summed E-state index contributed by atoms with van der Waals surface area (Å²) in [4.78, 5) is 10.8. The average molecular weight is 392 g/mol. The Morgan fingerprint density at radius 1 is 1.28 bits per heavy atom. The van der Waals surface area contributed by atoms with Crippen molar-refractivity contribution in [1.29, 1.82) is 0 Å². The fourth-order valence-corrected chi connectivity index (χ4v) is 7.85. The number of sulfone groups is 2. The maximum atomic E-state index is 13.2. The van der Waals surface area contributed by atoms with Gasteiger partial charge in [-0.3, -0.25) is 4.79 Å². The second-order valence-electron chi connectivity index (χ2n) is 6.11. The van der Waals surface area contributed by atoms with Crippen LogP contribution in [0.1, 0.15) is 12.5 Å². The number of carbonyl (C=O) groups excluding carboxylic acids is 1. The normalized spacial score (nSPS) is 22.7. The lowest BCUT2D eigenvalue weighted by Crippen LogP contribution is -2.45. The van der Waals surface area contributed by atoms with E-state index in [1.807, 2.05) is 0 Å². The highest BCUT2D eigenvalue weighted by Crippen LogP contribution is 2.28. The first-order valence-electron chi connectivity index (χ1n) is 7.71. The Kier molecular flexibility index (Phi) is 5.85. The van der Waals surface area contributed by atoms with Gasteiger partial charge in [0.2, 0.25) is 5.91 Å². The second kappa shape index (κ2) is 7.38. The summed E-state index contributed by atoms with van der Waals surface area (Å²) < 4.78 is 63.0. The van der Waals surface area contributed by atoms with Gasteiger partial charge >= 0.3 is 0 Å². The minimum Gasteiger partial charge on any atom is -0.355 e. The van der Waals surface area contributed by atoms with Crippen molar-refractivity contribution in [2.75, 3.05) is 24.6 Å². The van der Waals surface area contributed by atoms with Gasteiger partial charge in [0.05, 0.1) is 21.7 Å². The number of benzene rings is 1. The zero-order chi connectivity index (χ0) is 18.8. The monoisotopic (exact) mass is 392 g/mol. The Morgan fingerprint density at radius 3 is 2.56 bits per heavy atom. The van der Waals surface area contributed by atoms with Gasteiger partial charge in [0.15, 0.2) is 19.7 Å². The number of hydrogen-bond acceptors (Lipinski definition) is 6. The third-order valence-electron chi connectivity index (χ3n) is 4.05. The van der Waals surface area contributed by atoms with Crippen LogP contribution in [-0.2, 0) is 24.5 Å². The van der Waals surface area contributed by atoms with E-state index in [2.05, 4.69) is 10.6 Å². The van der Waals surface area contributed by atoms with Crippen LogP contribution in [-0.4, -0.2) is 58.6 Å². The van der Waals surface area contributed by atoms with E-state index in [1.165, 1.54) is 19.9 Å². The minimum absolute atomic E-state index is 0.0651. The first kappa shape index (κ1) is 19.8. The molecule has 1 aliphatic heterocycles. The Hall–Kier alpha value is -1.52. The van der Waals surface area contributed by atoms with Crippen LogP contribution in [0.3, 0.4) is 0 Å². The van der Waals surface area contributed by atoms with Gasteiger partial charge in [0, 0.05) is 26.1 Å². The fraction of sp³-hybridized carbons (Fsp3) is 0.533. The van der Waals surface area contributed by atoms with Crippen molar-refractivity contribution in [2.45, 2.75) is 30.0 Å². The number of rotatable bonds is 6. The van der Waals surface area contributed by atoms with Gasteiger partial charge in [0.1, 0.15) is 5.82 Å². The van der Waals surface area contributed by atoms with Crippen LogP contribution in [0, 0.1) is 12.7 Å². The molecule has 140 valence electrons. The third kappa shape index (κ3) is 4.77. The molecular formula is C15H21FN2O5S2. The zero-order valence-electron chi connectivity index (χ0n) is 14.0. The van der Waals surface area contributed by atoms with E-state index >= 15 is 0 Å². The molecule has 0 spiro atoms. The molecular weight excluding hydrogens is 371 g/mol. The van der Waals surface area contributed by atoms with Gasteiger partial charge in [-0.15, -0.1) is 0 Å². The van der Waals surface area contributed by atoms with Gasteiger partial charge in [-0.05, 0) is 30.7 Å². The predicted molar refractivity (Wildman–Crippen MR) is 91.2 cm³/mol. The predicted octanol–water partition coefficient (Wildman–Crippen LogP) is -0.201. The molecule has 0 radical (unpaired) electrons. The minimum atomic E-state index is -3.96. The molecule has 0 bridgehead atoms. The lowest BCUT2D eigenvalue weighted by Gasteiger charge is -2.21. The molecule has 2 rings (SSSR count). The Labute approximate surface area is 146 Å². The molecule has 7 nitrogen and oxygen atoms in total.